The highest BCUT2D eigenvalue weighted by Gasteiger charge is 2.35. The zero-order valence-corrected chi connectivity index (χ0v) is 16.9. The van der Waals surface area contributed by atoms with Crippen LogP contribution in [-0.2, 0) is 16.1 Å². The van der Waals surface area contributed by atoms with Crippen molar-refractivity contribution in [3.8, 4) is 11.7 Å². The summed E-state index contributed by atoms with van der Waals surface area (Å²) < 4.78 is 11.0. The van der Waals surface area contributed by atoms with Crippen molar-refractivity contribution in [3.63, 3.8) is 0 Å². The van der Waals surface area contributed by atoms with Crippen molar-refractivity contribution < 1.29 is 23.3 Å². The molecule has 30 heavy (non-hydrogen) atoms. The average molecular weight is 410 g/mol. The van der Waals surface area contributed by atoms with E-state index in [9.17, 15) is 9.59 Å². The number of nitrogens with one attached hydrogen (secondary N) is 2. The lowest BCUT2D eigenvalue weighted by Gasteiger charge is -2.33. The van der Waals surface area contributed by atoms with Gasteiger partial charge in [-0.1, -0.05) is 19.1 Å². The zero-order valence-electron chi connectivity index (χ0n) is 16.9. The van der Waals surface area contributed by atoms with Gasteiger partial charge in [0.25, 0.3) is 17.7 Å². The summed E-state index contributed by atoms with van der Waals surface area (Å²) in [7, 11) is 0. The summed E-state index contributed by atoms with van der Waals surface area (Å²) in [6.07, 6.45) is 2.42. The number of hydrogen-bond donors (Lipinski definition) is 2. The Balaban J connectivity index is 1.53. The molecular weight excluding hydrogens is 386 g/mol. The van der Waals surface area contributed by atoms with Gasteiger partial charge in [0.2, 0.25) is 5.91 Å². The number of quaternary nitrogens is 1. The minimum atomic E-state index is -0.400. The van der Waals surface area contributed by atoms with E-state index in [2.05, 4.69) is 22.4 Å². The molecule has 3 heterocycles. The molecular formula is C21H24N5O4+. The Labute approximate surface area is 173 Å². The number of nitrogens with zero attached hydrogens (tertiary/aromatic N) is 3. The predicted molar refractivity (Wildman–Crippen MR) is 109 cm³/mol. The van der Waals surface area contributed by atoms with Crippen LogP contribution in [0, 0.1) is 0 Å². The topological polar surface area (TPSA) is 106 Å². The number of aromatic nitrogens is 2. The lowest BCUT2D eigenvalue weighted by atomic mass is 10.1. The average Bonchev–Trinajstić information content (AvgIpc) is 3.43. The minimum absolute atomic E-state index is 0.00277. The van der Waals surface area contributed by atoms with Gasteiger partial charge in [-0.15, -0.1) is 10.2 Å². The molecule has 2 aromatic heterocycles. The third-order valence-corrected chi connectivity index (χ3v) is 5.17. The number of furan rings is 1. The number of rotatable bonds is 7. The fraction of sp³-hybridized carbons (Fsp3) is 0.333. The van der Waals surface area contributed by atoms with E-state index in [0.717, 1.165) is 17.9 Å². The molecule has 0 bridgehead atoms. The van der Waals surface area contributed by atoms with Gasteiger partial charge in [-0.2, -0.15) is 0 Å². The first-order valence-electron chi connectivity index (χ1n) is 9.98. The molecule has 2 amide bonds. The van der Waals surface area contributed by atoms with Crippen LogP contribution in [-0.4, -0.2) is 41.1 Å². The van der Waals surface area contributed by atoms with Crippen LogP contribution in [0.3, 0.4) is 0 Å². The van der Waals surface area contributed by atoms with Crippen molar-refractivity contribution in [3.05, 3.63) is 48.6 Å². The molecule has 9 heteroatoms. The Morgan fingerprint density at radius 3 is 2.87 bits per heavy atom. The molecule has 0 aliphatic carbocycles. The number of para-hydroxylation sites is 2. The Kier molecular flexibility index (Phi) is 5.62. The molecule has 3 aromatic rings. The van der Waals surface area contributed by atoms with Crippen LogP contribution in [0.4, 0.5) is 11.4 Å². The van der Waals surface area contributed by atoms with Crippen molar-refractivity contribution in [2.45, 2.75) is 32.9 Å². The van der Waals surface area contributed by atoms with Crippen molar-refractivity contribution in [1.82, 2.24) is 10.2 Å². The van der Waals surface area contributed by atoms with Crippen LogP contribution in [0.25, 0.3) is 11.7 Å². The van der Waals surface area contributed by atoms with Crippen molar-refractivity contribution in [2.24, 2.45) is 0 Å². The third-order valence-electron chi connectivity index (χ3n) is 5.17. The van der Waals surface area contributed by atoms with Crippen LogP contribution in [0.5, 0.6) is 0 Å². The molecule has 2 atom stereocenters. The lowest BCUT2D eigenvalue weighted by Crippen LogP contribution is -3.15. The van der Waals surface area contributed by atoms with E-state index in [1.807, 2.05) is 25.1 Å². The number of benzene rings is 1. The Bertz CT molecular complexity index is 1030. The van der Waals surface area contributed by atoms with Gasteiger partial charge in [-0.3, -0.25) is 14.5 Å². The van der Waals surface area contributed by atoms with E-state index in [1.165, 1.54) is 0 Å². The molecule has 0 spiro atoms. The maximum atomic E-state index is 13.3. The molecule has 0 saturated carbocycles. The van der Waals surface area contributed by atoms with Gasteiger partial charge in [0.15, 0.2) is 18.3 Å². The summed E-state index contributed by atoms with van der Waals surface area (Å²) in [6.45, 7) is 5.07. The van der Waals surface area contributed by atoms with E-state index in [-0.39, 0.29) is 18.4 Å². The van der Waals surface area contributed by atoms with Gasteiger partial charge in [0.05, 0.1) is 24.2 Å². The standard InChI is InChI=1S/C21H23N5O4/c1-3-10-25(13-19-23-24-20(30-19)17-9-6-11-29-17)14(2)21(28)26-12-18(27)22-15-7-4-5-8-16(15)26/h4-9,11,14H,3,10,12-13H2,1-2H3,(H,22,27)/p+1/t14-/m0/s1. The summed E-state index contributed by atoms with van der Waals surface area (Å²) in [4.78, 5) is 28.0. The number of anilines is 2. The molecule has 1 aliphatic rings. The van der Waals surface area contributed by atoms with Crippen LogP contribution in [0.1, 0.15) is 26.2 Å². The van der Waals surface area contributed by atoms with Gasteiger partial charge in [-0.25, -0.2) is 0 Å². The highest BCUT2D eigenvalue weighted by molar-refractivity contribution is 6.10. The smallest absolute Gasteiger partial charge is 0.285 e. The third kappa shape index (κ3) is 3.97. The van der Waals surface area contributed by atoms with Crippen LogP contribution in [0.15, 0.2) is 51.5 Å². The zero-order chi connectivity index (χ0) is 21.1. The fourth-order valence-corrected chi connectivity index (χ4v) is 3.64. The Morgan fingerprint density at radius 2 is 2.10 bits per heavy atom. The largest absolute Gasteiger partial charge is 0.459 e. The second kappa shape index (κ2) is 8.50. The molecule has 1 aromatic carbocycles. The number of fused-ring (bicyclic) bond motifs is 1. The Morgan fingerprint density at radius 1 is 1.27 bits per heavy atom. The summed E-state index contributed by atoms with van der Waals surface area (Å²) in [5.41, 5.74) is 1.36. The van der Waals surface area contributed by atoms with E-state index < -0.39 is 6.04 Å². The highest BCUT2D eigenvalue weighted by Crippen LogP contribution is 2.29. The molecule has 1 aliphatic heterocycles. The van der Waals surface area contributed by atoms with E-state index >= 15 is 0 Å². The molecule has 1 unspecified atom stereocenters. The SMILES string of the molecule is CCC[NH+](Cc1nnc(-c2ccco2)o1)[C@@H](C)C(=O)N1CC(=O)Nc2ccccc21. The van der Waals surface area contributed by atoms with Crippen LogP contribution in [0.2, 0.25) is 0 Å². The molecule has 156 valence electrons. The maximum absolute atomic E-state index is 13.3. The summed E-state index contributed by atoms with van der Waals surface area (Å²) >= 11 is 0. The van der Waals surface area contributed by atoms with Gasteiger partial charge in [0.1, 0.15) is 6.54 Å². The van der Waals surface area contributed by atoms with Crippen molar-refractivity contribution in [2.75, 3.05) is 23.3 Å². The van der Waals surface area contributed by atoms with Gasteiger partial charge in [-0.05, 0) is 37.6 Å². The molecule has 9 nitrogen and oxygen atoms in total. The normalized spacial score (nSPS) is 15.4. The van der Waals surface area contributed by atoms with E-state index in [0.29, 0.717) is 35.5 Å². The summed E-state index contributed by atoms with van der Waals surface area (Å²) in [6, 6.07) is 10.4. The minimum Gasteiger partial charge on any atom is -0.459 e. The first-order valence-corrected chi connectivity index (χ1v) is 9.98. The first-order chi connectivity index (χ1) is 14.6. The highest BCUT2D eigenvalue weighted by atomic mass is 16.4. The first kappa shape index (κ1) is 19.8. The van der Waals surface area contributed by atoms with Crippen molar-refractivity contribution >= 4 is 23.2 Å². The van der Waals surface area contributed by atoms with E-state index in [4.69, 9.17) is 8.83 Å². The molecule has 2 N–H and O–H groups in total. The Hall–Kier alpha value is -3.46. The number of hydrogen-bond acceptors (Lipinski definition) is 6. The van der Waals surface area contributed by atoms with Crippen molar-refractivity contribution in [1.29, 1.82) is 0 Å². The van der Waals surface area contributed by atoms with Gasteiger partial charge < -0.3 is 19.1 Å². The molecule has 0 radical (unpaired) electrons. The predicted octanol–water partition coefficient (Wildman–Crippen LogP) is 1.50. The second-order valence-corrected chi connectivity index (χ2v) is 7.27. The monoisotopic (exact) mass is 410 g/mol. The molecule has 4 rings (SSSR count). The van der Waals surface area contributed by atoms with E-state index in [1.54, 1.807) is 29.4 Å². The fourth-order valence-electron chi connectivity index (χ4n) is 3.64. The van der Waals surface area contributed by atoms with Gasteiger partial charge in [0, 0.05) is 0 Å². The van der Waals surface area contributed by atoms with Crippen LogP contribution >= 0.6 is 0 Å². The summed E-state index contributed by atoms with van der Waals surface area (Å²) in [5.74, 6) is 0.927. The van der Waals surface area contributed by atoms with Gasteiger partial charge >= 0.3 is 0 Å². The molecule has 0 saturated heterocycles. The summed E-state index contributed by atoms with van der Waals surface area (Å²) in [5, 5.41) is 11.0. The molecule has 0 fully saturated rings. The number of amides is 2. The lowest BCUT2D eigenvalue weighted by molar-refractivity contribution is -0.929. The van der Waals surface area contributed by atoms with Crippen LogP contribution < -0.4 is 15.1 Å². The number of carbonyl (C=O) groups excluding carboxylic acids is 2. The quantitative estimate of drug-likeness (QED) is 0.612. The maximum Gasteiger partial charge on any atom is 0.285 e. The number of carbonyl (C=O) groups is 2. The second-order valence-electron chi connectivity index (χ2n) is 7.27.